The molecule has 2 aromatic carbocycles. The van der Waals surface area contributed by atoms with Gasteiger partial charge in [0.1, 0.15) is 5.75 Å². The number of ether oxygens (including phenoxy) is 2. The van der Waals surface area contributed by atoms with E-state index in [-0.39, 0.29) is 12.1 Å². The summed E-state index contributed by atoms with van der Waals surface area (Å²) in [5.41, 5.74) is -0.0746. The number of benzene rings is 2. The number of halogens is 3. The van der Waals surface area contributed by atoms with E-state index < -0.39 is 29.6 Å². The molecule has 3 rings (SSSR count). The van der Waals surface area contributed by atoms with E-state index in [1.54, 1.807) is 24.3 Å². The van der Waals surface area contributed by atoms with Crippen molar-refractivity contribution in [3.8, 4) is 5.75 Å². The Labute approximate surface area is 146 Å². The van der Waals surface area contributed by atoms with Crippen molar-refractivity contribution >= 4 is 17.6 Å². The van der Waals surface area contributed by atoms with Crippen molar-refractivity contribution in [2.45, 2.75) is 25.3 Å². The SMILES string of the molecule is CC1(C(=O)Nc2ccc(OC(F)(F)F)cc2)Cc2ccccc2C(=O)O1. The van der Waals surface area contributed by atoms with Gasteiger partial charge in [-0.1, -0.05) is 18.2 Å². The van der Waals surface area contributed by atoms with Crippen LogP contribution in [0.25, 0.3) is 0 Å². The number of rotatable bonds is 3. The largest absolute Gasteiger partial charge is 0.573 e. The van der Waals surface area contributed by atoms with Gasteiger partial charge in [-0.15, -0.1) is 13.2 Å². The molecule has 0 radical (unpaired) electrons. The van der Waals surface area contributed by atoms with E-state index in [2.05, 4.69) is 10.1 Å². The number of hydrogen-bond donors (Lipinski definition) is 1. The van der Waals surface area contributed by atoms with Crippen molar-refractivity contribution in [1.82, 2.24) is 0 Å². The number of anilines is 1. The van der Waals surface area contributed by atoms with Gasteiger partial charge in [-0.2, -0.15) is 0 Å². The highest BCUT2D eigenvalue weighted by molar-refractivity contribution is 6.02. The van der Waals surface area contributed by atoms with E-state index in [4.69, 9.17) is 4.74 Å². The third-order valence-electron chi connectivity index (χ3n) is 3.91. The zero-order valence-corrected chi connectivity index (χ0v) is 13.6. The molecule has 1 unspecified atom stereocenters. The first-order valence-corrected chi connectivity index (χ1v) is 7.65. The number of carbonyl (C=O) groups excluding carboxylic acids is 2. The molecular formula is C18H14F3NO4. The molecule has 26 heavy (non-hydrogen) atoms. The number of nitrogens with one attached hydrogen (secondary N) is 1. The number of carbonyl (C=O) groups is 2. The summed E-state index contributed by atoms with van der Waals surface area (Å²) in [4.78, 5) is 24.7. The Bertz CT molecular complexity index is 848. The van der Waals surface area contributed by atoms with Gasteiger partial charge in [-0.05, 0) is 42.8 Å². The molecule has 0 fully saturated rings. The van der Waals surface area contributed by atoms with Crippen LogP contribution in [-0.4, -0.2) is 23.8 Å². The molecule has 2 aromatic rings. The summed E-state index contributed by atoms with van der Waals surface area (Å²) in [5, 5.41) is 2.54. The van der Waals surface area contributed by atoms with Crippen LogP contribution in [0.3, 0.4) is 0 Å². The number of alkyl halides is 3. The van der Waals surface area contributed by atoms with Crippen LogP contribution >= 0.6 is 0 Å². The minimum atomic E-state index is -4.79. The monoisotopic (exact) mass is 365 g/mol. The fraction of sp³-hybridized carbons (Fsp3) is 0.222. The second-order valence-electron chi connectivity index (χ2n) is 5.98. The van der Waals surface area contributed by atoms with Gasteiger partial charge in [0.2, 0.25) is 0 Å². The van der Waals surface area contributed by atoms with Crippen LogP contribution < -0.4 is 10.1 Å². The predicted molar refractivity (Wildman–Crippen MR) is 85.7 cm³/mol. The first-order chi connectivity index (χ1) is 12.2. The van der Waals surface area contributed by atoms with Gasteiger partial charge in [0, 0.05) is 12.1 Å². The van der Waals surface area contributed by atoms with Gasteiger partial charge in [-0.25, -0.2) is 4.79 Å². The topological polar surface area (TPSA) is 64.6 Å². The molecule has 0 bridgehead atoms. The number of hydrogen-bond acceptors (Lipinski definition) is 4. The minimum Gasteiger partial charge on any atom is -0.445 e. The van der Waals surface area contributed by atoms with Gasteiger partial charge < -0.3 is 14.8 Å². The van der Waals surface area contributed by atoms with Crippen LogP contribution in [0.5, 0.6) is 5.75 Å². The molecular weight excluding hydrogens is 351 g/mol. The second-order valence-corrected chi connectivity index (χ2v) is 5.98. The van der Waals surface area contributed by atoms with Crippen molar-refractivity contribution in [3.63, 3.8) is 0 Å². The molecule has 136 valence electrons. The zero-order chi connectivity index (χ0) is 18.9. The maximum Gasteiger partial charge on any atom is 0.573 e. The van der Waals surface area contributed by atoms with Gasteiger partial charge in [0.15, 0.2) is 5.60 Å². The summed E-state index contributed by atoms with van der Waals surface area (Å²) in [6, 6.07) is 11.5. The zero-order valence-electron chi connectivity index (χ0n) is 13.6. The van der Waals surface area contributed by atoms with Gasteiger partial charge in [0.25, 0.3) is 5.91 Å². The first kappa shape index (κ1) is 17.8. The second kappa shape index (κ2) is 6.36. The maximum atomic E-state index is 12.6. The molecule has 0 saturated carbocycles. The fourth-order valence-corrected chi connectivity index (χ4v) is 2.66. The van der Waals surface area contributed by atoms with Crippen molar-refractivity contribution < 1.29 is 32.2 Å². The quantitative estimate of drug-likeness (QED) is 0.843. The van der Waals surface area contributed by atoms with E-state index in [1.165, 1.54) is 19.1 Å². The van der Waals surface area contributed by atoms with Gasteiger partial charge in [0.05, 0.1) is 5.56 Å². The van der Waals surface area contributed by atoms with Crippen LogP contribution in [-0.2, 0) is 16.0 Å². The average molecular weight is 365 g/mol. The van der Waals surface area contributed by atoms with Gasteiger partial charge in [-0.3, -0.25) is 4.79 Å². The maximum absolute atomic E-state index is 12.6. The van der Waals surface area contributed by atoms with Crippen molar-refractivity contribution in [3.05, 3.63) is 59.7 Å². The van der Waals surface area contributed by atoms with Crippen LogP contribution in [0.2, 0.25) is 0 Å². The molecule has 1 amide bonds. The van der Waals surface area contributed by atoms with Crippen LogP contribution in [0.1, 0.15) is 22.8 Å². The van der Waals surface area contributed by atoms with Crippen molar-refractivity contribution in [1.29, 1.82) is 0 Å². The summed E-state index contributed by atoms with van der Waals surface area (Å²) in [6.45, 7) is 1.48. The third kappa shape index (κ3) is 3.79. The molecule has 1 aliphatic rings. The van der Waals surface area contributed by atoms with E-state index in [0.717, 1.165) is 12.1 Å². The molecule has 0 saturated heterocycles. The van der Waals surface area contributed by atoms with Crippen molar-refractivity contribution in [2.75, 3.05) is 5.32 Å². The highest BCUT2D eigenvalue weighted by Gasteiger charge is 2.42. The Kier molecular flexibility index (Phi) is 4.35. The van der Waals surface area contributed by atoms with Gasteiger partial charge >= 0.3 is 12.3 Å². The standard InChI is InChI=1S/C18H14F3NO4/c1-17(10-11-4-2-3-5-14(11)15(23)26-17)16(24)22-12-6-8-13(9-7-12)25-18(19,20)21/h2-9H,10H2,1H3,(H,22,24). The Morgan fingerprint density at radius 1 is 1.15 bits per heavy atom. The minimum absolute atomic E-state index is 0.190. The number of cyclic esters (lactones) is 1. The Morgan fingerprint density at radius 3 is 2.46 bits per heavy atom. The predicted octanol–water partition coefficient (Wildman–Crippen LogP) is 3.70. The molecule has 0 aromatic heterocycles. The number of fused-ring (bicyclic) bond motifs is 1. The Morgan fingerprint density at radius 2 is 1.81 bits per heavy atom. The molecule has 8 heteroatoms. The van der Waals surface area contributed by atoms with Crippen LogP contribution in [0.4, 0.5) is 18.9 Å². The summed E-state index contributed by atoms with van der Waals surface area (Å²) >= 11 is 0. The summed E-state index contributed by atoms with van der Waals surface area (Å²) in [7, 11) is 0. The Hall–Kier alpha value is -3.03. The lowest BCUT2D eigenvalue weighted by Crippen LogP contribution is -2.48. The average Bonchev–Trinajstić information content (AvgIpc) is 2.55. The lowest BCUT2D eigenvalue weighted by molar-refractivity contribution is -0.274. The highest BCUT2D eigenvalue weighted by Crippen LogP contribution is 2.30. The summed E-state index contributed by atoms with van der Waals surface area (Å²) in [5.74, 6) is -1.58. The van der Waals surface area contributed by atoms with Crippen LogP contribution in [0.15, 0.2) is 48.5 Å². The molecule has 1 aliphatic heterocycles. The number of amides is 1. The van der Waals surface area contributed by atoms with E-state index >= 15 is 0 Å². The van der Waals surface area contributed by atoms with Crippen molar-refractivity contribution in [2.24, 2.45) is 0 Å². The third-order valence-corrected chi connectivity index (χ3v) is 3.91. The summed E-state index contributed by atoms with van der Waals surface area (Å²) in [6.07, 6.45) is -4.60. The molecule has 5 nitrogen and oxygen atoms in total. The first-order valence-electron chi connectivity index (χ1n) is 7.65. The van der Waals surface area contributed by atoms with E-state index in [1.807, 2.05) is 0 Å². The Balaban J connectivity index is 1.73. The fourth-order valence-electron chi connectivity index (χ4n) is 2.66. The highest BCUT2D eigenvalue weighted by atomic mass is 19.4. The molecule has 1 N–H and O–H groups in total. The lowest BCUT2D eigenvalue weighted by atomic mass is 9.89. The van der Waals surface area contributed by atoms with Crippen LogP contribution in [0, 0.1) is 0 Å². The number of esters is 1. The normalized spacial score (nSPS) is 19.3. The lowest BCUT2D eigenvalue weighted by Gasteiger charge is -2.33. The van der Waals surface area contributed by atoms with E-state index in [9.17, 15) is 22.8 Å². The van der Waals surface area contributed by atoms with E-state index in [0.29, 0.717) is 11.1 Å². The molecule has 0 aliphatic carbocycles. The molecule has 1 atom stereocenters. The summed E-state index contributed by atoms with van der Waals surface area (Å²) < 4.78 is 45.6. The molecule has 1 heterocycles. The molecule has 0 spiro atoms. The smallest absolute Gasteiger partial charge is 0.445 e.